The largest absolute Gasteiger partial charge is 0.365 e. The zero-order chi connectivity index (χ0) is 7.84. The molecule has 0 radical (unpaired) electrons. The molecule has 0 amide bonds. The van der Waals surface area contributed by atoms with Gasteiger partial charge in [0.25, 0.3) is 0 Å². The molecule has 1 aromatic rings. The maximum Gasteiger partial charge on any atom is 0.109 e. The van der Waals surface area contributed by atoms with Crippen molar-refractivity contribution in [3.63, 3.8) is 0 Å². The van der Waals surface area contributed by atoms with Crippen molar-refractivity contribution in [1.29, 1.82) is 0 Å². The molecule has 1 saturated heterocycles. The van der Waals surface area contributed by atoms with Gasteiger partial charge in [-0.1, -0.05) is 12.1 Å². The highest BCUT2D eigenvalue weighted by Crippen LogP contribution is 2.38. The summed E-state index contributed by atoms with van der Waals surface area (Å²) in [4.78, 5) is 1.00. The average molecular weight is 166 g/mol. The van der Waals surface area contributed by atoms with Crippen molar-refractivity contribution in [2.75, 3.05) is 0 Å². The average Bonchev–Trinajstić information content (AvgIpc) is 2.69. The van der Waals surface area contributed by atoms with E-state index in [-0.39, 0.29) is 0 Å². The third-order valence-corrected chi connectivity index (χ3v) is 2.23. The standard InChI is InChI=1S/C9H10OS/c1-6-9(10-6)7-2-4-8(11)5-3-7/h2-6,9,11H,1H3. The molecule has 0 aliphatic carbocycles. The first-order chi connectivity index (χ1) is 5.27. The molecule has 2 heteroatoms. The molecule has 0 spiro atoms. The first kappa shape index (κ1) is 7.19. The molecule has 1 aromatic carbocycles. The molecule has 0 saturated carbocycles. The molecule has 58 valence electrons. The highest BCUT2D eigenvalue weighted by molar-refractivity contribution is 7.80. The van der Waals surface area contributed by atoms with Gasteiger partial charge in [0.2, 0.25) is 0 Å². The van der Waals surface area contributed by atoms with E-state index in [2.05, 4.69) is 31.7 Å². The number of hydrogen-bond donors (Lipinski definition) is 1. The van der Waals surface area contributed by atoms with E-state index in [0.29, 0.717) is 12.2 Å². The Morgan fingerprint density at radius 2 is 1.82 bits per heavy atom. The second kappa shape index (κ2) is 2.54. The second-order valence-corrected chi connectivity index (χ2v) is 3.37. The van der Waals surface area contributed by atoms with Gasteiger partial charge in [-0.05, 0) is 24.6 Å². The van der Waals surface area contributed by atoms with E-state index in [1.165, 1.54) is 5.56 Å². The van der Waals surface area contributed by atoms with E-state index < -0.39 is 0 Å². The molecule has 2 rings (SSSR count). The predicted octanol–water partition coefficient (Wildman–Crippen LogP) is 2.44. The Hall–Kier alpha value is -0.470. The van der Waals surface area contributed by atoms with E-state index >= 15 is 0 Å². The fraction of sp³-hybridized carbons (Fsp3) is 0.333. The second-order valence-electron chi connectivity index (χ2n) is 2.85. The van der Waals surface area contributed by atoms with E-state index in [1.54, 1.807) is 0 Å². The predicted molar refractivity (Wildman–Crippen MR) is 47.0 cm³/mol. The Kier molecular flexibility index (Phi) is 1.66. The number of benzene rings is 1. The number of rotatable bonds is 1. The molecule has 11 heavy (non-hydrogen) atoms. The van der Waals surface area contributed by atoms with Crippen LogP contribution in [0.15, 0.2) is 29.2 Å². The third-order valence-electron chi connectivity index (χ3n) is 1.93. The number of thiol groups is 1. The molecule has 2 unspecified atom stereocenters. The lowest BCUT2D eigenvalue weighted by Crippen LogP contribution is -1.81. The van der Waals surface area contributed by atoms with Gasteiger partial charge >= 0.3 is 0 Å². The molecular weight excluding hydrogens is 156 g/mol. The Morgan fingerprint density at radius 3 is 2.27 bits per heavy atom. The van der Waals surface area contributed by atoms with Crippen molar-refractivity contribution in [2.24, 2.45) is 0 Å². The quantitative estimate of drug-likeness (QED) is 0.499. The van der Waals surface area contributed by atoms with Crippen LogP contribution in [-0.4, -0.2) is 6.10 Å². The molecule has 1 aliphatic heterocycles. The Labute approximate surface area is 71.8 Å². The molecule has 0 N–H and O–H groups in total. The molecule has 2 atom stereocenters. The van der Waals surface area contributed by atoms with Gasteiger partial charge < -0.3 is 4.74 Å². The molecule has 1 heterocycles. The molecule has 0 aromatic heterocycles. The van der Waals surface area contributed by atoms with Crippen LogP contribution in [0.5, 0.6) is 0 Å². The lowest BCUT2D eigenvalue weighted by Gasteiger charge is -1.94. The first-order valence-electron chi connectivity index (χ1n) is 3.72. The summed E-state index contributed by atoms with van der Waals surface area (Å²) in [6.07, 6.45) is 0.740. The highest BCUT2D eigenvalue weighted by atomic mass is 32.1. The Balaban J connectivity index is 2.21. The minimum atomic E-state index is 0.337. The maximum absolute atomic E-state index is 5.32. The van der Waals surface area contributed by atoms with Gasteiger partial charge in [0.1, 0.15) is 6.10 Å². The topological polar surface area (TPSA) is 12.5 Å². The van der Waals surface area contributed by atoms with Crippen LogP contribution in [-0.2, 0) is 4.74 Å². The van der Waals surface area contributed by atoms with Crippen molar-refractivity contribution >= 4 is 12.6 Å². The van der Waals surface area contributed by atoms with Crippen LogP contribution in [0.3, 0.4) is 0 Å². The van der Waals surface area contributed by atoms with Gasteiger partial charge in [-0.25, -0.2) is 0 Å². The minimum Gasteiger partial charge on any atom is -0.365 e. The van der Waals surface area contributed by atoms with Crippen LogP contribution in [0.1, 0.15) is 18.6 Å². The summed E-state index contributed by atoms with van der Waals surface area (Å²) in [6, 6.07) is 8.12. The monoisotopic (exact) mass is 166 g/mol. The normalized spacial score (nSPS) is 28.5. The fourth-order valence-corrected chi connectivity index (χ4v) is 1.35. The molecular formula is C9H10OS. The summed E-state index contributed by atoms with van der Waals surface area (Å²) in [5.41, 5.74) is 1.26. The van der Waals surface area contributed by atoms with Gasteiger partial charge in [0.05, 0.1) is 6.10 Å². The summed E-state index contributed by atoms with van der Waals surface area (Å²) < 4.78 is 5.32. The van der Waals surface area contributed by atoms with Crippen molar-refractivity contribution in [2.45, 2.75) is 24.0 Å². The summed E-state index contributed by atoms with van der Waals surface area (Å²) in [6.45, 7) is 2.08. The number of hydrogen-bond acceptors (Lipinski definition) is 2. The van der Waals surface area contributed by atoms with Crippen molar-refractivity contribution in [3.8, 4) is 0 Å². The van der Waals surface area contributed by atoms with E-state index in [1.807, 2.05) is 12.1 Å². The van der Waals surface area contributed by atoms with Crippen molar-refractivity contribution in [3.05, 3.63) is 29.8 Å². The Morgan fingerprint density at radius 1 is 1.27 bits per heavy atom. The summed E-state index contributed by atoms with van der Waals surface area (Å²) in [7, 11) is 0. The SMILES string of the molecule is CC1OC1c1ccc(S)cc1. The van der Waals surface area contributed by atoms with Crippen LogP contribution < -0.4 is 0 Å². The van der Waals surface area contributed by atoms with Gasteiger partial charge in [-0.3, -0.25) is 0 Å². The zero-order valence-electron chi connectivity index (χ0n) is 6.32. The van der Waals surface area contributed by atoms with Gasteiger partial charge in [-0.2, -0.15) is 0 Å². The van der Waals surface area contributed by atoms with E-state index in [9.17, 15) is 0 Å². The molecule has 1 nitrogen and oxygen atoms in total. The van der Waals surface area contributed by atoms with Crippen molar-refractivity contribution in [1.82, 2.24) is 0 Å². The van der Waals surface area contributed by atoms with Gasteiger partial charge in [-0.15, -0.1) is 12.6 Å². The molecule has 0 bridgehead atoms. The smallest absolute Gasteiger partial charge is 0.109 e. The van der Waals surface area contributed by atoms with Gasteiger partial charge in [0, 0.05) is 4.90 Å². The lowest BCUT2D eigenvalue weighted by molar-refractivity contribution is 0.383. The van der Waals surface area contributed by atoms with Crippen molar-refractivity contribution < 1.29 is 4.74 Å². The van der Waals surface area contributed by atoms with Crippen LogP contribution in [0.4, 0.5) is 0 Å². The minimum absolute atomic E-state index is 0.337. The fourth-order valence-electron chi connectivity index (χ4n) is 1.20. The van der Waals surface area contributed by atoms with E-state index in [0.717, 1.165) is 4.90 Å². The summed E-state index contributed by atoms with van der Waals surface area (Å²) in [5, 5.41) is 0. The van der Waals surface area contributed by atoms with Crippen LogP contribution >= 0.6 is 12.6 Å². The summed E-state index contributed by atoms with van der Waals surface area (Å²) in [5.74, 6) is 0. The summed E-state index contributed by atoms with van der Waals surface area (Å²) >= 11 is 4.20. The van der Waals surface area contributed by atoms with Crippen LogP contribution in [0.25, 0.3) is 0 Å². The Bertz CT molecular complexity index is 255. The molecule has 1 fully saturated rings. The van der Waals surface area contributed by atoms with Crippen LogP contribution in [0.2, 0.25) is 0 Å². The highest BCUT2D eigenvalue weighted by Gasteiger charge is 2.35. The first-order valence-corrected chi connectivity index (χ1v) is 4.16. The third kappa shape index (κ3) is 1.42. The van der Waals surface area contributed by atoms with E-state index in [4.69, 9.17) is 4.74 Å². The lowest BCUT2D eigenvalue weighted by atomic mass is 10.1. The number of ether oxygens (including phenoxy) is 1. The van der Waals surface area contributed by atoms with Gasteiger partial charge in [0.15, 0.2) is 0 Å². The van der Waals surface area contributed by atoms with Crippen LogP contribution in [0, 0.1) is 0 Å². The number of epoxide rings is 1. The maximum atomic E-state index is 5.32. The zero-order valence-corrected chi connectivity index (χ0v) is 7.21. The molecule has 1 aliphatic rings.